The molecule has 122 valence electrons. The van der Waals surface area contributed by atoms with Crippen molar-refractivity contribution in [1.82, 2.24) is 10.0 Å². The predicted molar refractivity (Wildman–Crippen MR) is 88.6 cm³/mol. The van der Waals surface area contributed by atoms with Gasteiger partial charge < -0.3 is 9.82 Å². The number of hydroxylamine groups is 2. The number of nitrogens with one attached hydrogen (secondary N) is 1. The zero-order valence-electron chi connectivity index (χ0n) is 12.9. The Labute approximate surface area is 142 Å². The molecule has 3 aromatic rings. The fourth-order valence-corrected chi connectivity index (χ4v) is 2.68. The van der Waals surface area contributed by atoms with Crippen molar-refractivity contribution >= 4 is 17.8 Å². The van der Waals surface area contributed by atoms with E-state index in [4.69, 9.17) is 4.84 Å². The number of nitrogens with zero attached hydrogens (tertiary/aromatic N) is 1. The standard InChI is InChI=1S/C19H12N2O4/c22-17-13-8-4-5-9-14(13)18(23)21(17)25-19(24)16-11-10-15(20-16)12-6-2-1-3-7-12/h1-11,20H. The van der Waals surface area contributed by atoms with Crippen molar-refractivity contribution in [3.05, 3.63) is 83.6 Å². The minimum Gasteiger partial charge on any atom is -0.349 e. The molecular weight excluding hydrogens is 320 g/mol. The lowest BCUT2D eigenvalue weighted by atomic mass is 10.1. The fourth-order valence-electron chi connectivity index (χ4n) is 2.68. The maximum absolute atomic E-state index is 12.3. The molecule has 6 heteroatoms. The molecule has 1 aromatic heterocycles. The van der Waals surface area contributed by atoms with Gasteiger partial charge in [-0.3, -0.25) is 9.59 Å². The summed E-state index contributed by atoms with van der Waals surface area (Å²) in [6.45, 7) is 0. The Kier molecular flexibility index (Phi) is 3.43. The van der Waals surface area contributed by atoms with Crippen LogP contribution in [0.4, 0.5) is 0 Å². The number of carbonyl (C=O) groups excluding carboxylic acids is 3. The Morgan fingerprint density at radius 1 is 0.800 bits per heavy atom. The SMILES string of the molecule is O=C(ON1C(=O)c2ccccc2C1=O)c1ccc(-c2ccccc2)[nH]1. The Morgan fingerprint density at radius 3 is 2.04 bits per heavy atom. The summed E-state index contributed by atoms with van der Waals surface area (Å²) < 4.78 is 0. The van der Waals surface area contributed by atoms with Gasteiger partial charge in [-0.05, 0) is 29.8 Å². The van der Waals surface area contributed by atoms with Crippen LogP contribution in [-0.2, 0) is 4.84 Å². The molecule has 0 saturated carbocycles. The number of imide groups is 1. The van der Waals surface area contributed by atoms with Gasteiger partial charge in [-0.2, -0.15) is 0 Å². The van der Waals surface area contributed by atoms with E-state index in [1.54, 1.807) is 24.3 Å². The first-order chi connectivity index (χ1) is 12.1. The van der Waals surface area contributed by atoms with Crippen molar-refractivity contribution in [2.24, 2.45) is 0 Å². The molecule has 0 fully saturated rings. The third-order valence-corrected chi connectivity index (χ3v) is 3.92. The maximum Gasteiger partial charge on any atom is 0.379 e. The summed E-state index contributed by atoms with van der Waals surface area (Å²) >= 11 is 0. The van der Waals surface area contributed by atoms with Crippen LogP contribution in [0, 0.1) is 0 Å². The highest BCUT2D eigenvalue weighted by molar-refractivity contribution is 6.21. The van der Waals surface area contributed by atoms with Crippen LogP contribution < -0.4 is 0 Å². The molecule has 4 rings (SSSR count). The molecule has 0 radical (unpaired) electrons. The van der Waals surface area contributed by atoms with E-state index < -0.39 is 17.8 Å². The number of fused-ring (bicyclic) bond motifs is 1. The lowest BCUT2D eigenvalue weighted by Gasteiger charge is -2.11. The number of H-pyrrole nitrogens is 1. The Hall–Kier alpha value is -3.67. The van der Waals surface area contributed by atoms with Crippen LogP contribution in [0.2, 0.25) is 0 Å². The number of aromatic amines is 1. The summed E-state index contributed by atoms with van der Waals surface area (Å²) in [5, 5.41) is 0.496. The number of aromatic nitrogens is 1. The highest BCUT2D eigenvalue weighted by atomic mass is 16.7. The van der Waals surface area contributed by atoms with Gasteiger partial charge in [-0.1, -0.05) is 47.5 Å². The summed E-state index contributed by atoms with van der Waals surface area (Å²) in [6.07, 6.45) is 0. The summed E-state index contributed by atoms with van der Waals surface area (Å²) in [4.78, 5) is 44.7. The van der Waals surface area contributed by atoms with Crippen LogP contribution in [0.1, 0.15) is 31.2 Å². The van der Waals surface area contributed by atoms with Gasteiger partial charge in [0.15, 0.2) is 0 Å². The van der Waals surface area contributed by atoms with E-state index in [-0.39, 0.29) is 16.8 Å². The van der Waals surface area contributed by atoms with Crippen molar-refractivity contribution < 1.29 is 19.2 Å². The third kappa shape index (κ3) is 2.49. The zero-order valence-corrected chi connectivity index (χ0v) is 12.9. The molecule has 0 saturated heterocycles. The van der Waals surface area contributed by atoms with E-state index in [1.807, 2.05) is 30.3 Å². The Morgan fingerprint density at radius 2 is 1.40 bits per heavy atom. The van der Waals surface area contributed by atoms with Gasteiger partial charge >= 0.3 is 5.97 Å². The second-order valence-corrected chi connectivity index (χ2v) is 5.48. The Bertz CT molecular complexity index is 956. The van der Waals surface area contributed by atoms with E-state index in [2.05, 4.69) is 4.98 Å². The molecule has 2 heterocycles. The van der Waals surface area contributed by atoms with Crippen molar-refractivity contribution in [3.8, 4) is 11.3 Å². The second kappa shape index (κ2) is 5.76. The molecule has 0 bridgehead atoms. The molecule has 0 atom stereocenters. The van der Waals surface area contributed by atoms with Crippen molar-refractivity contribution in [1.29, 1.82) is 0 Å². The quantitative estimate of drug-likeness (QED) is 0.748. The average Bonchev–Trinajstić information content (AvgIpc) is 3.23. The highest BCUT2D eigenvalue weighted by Gasteiger charge is 2.38. The van der Waals surface area contributed by atoms with E-state index in [1.165, 1.54) is 12.1 Å². The van der Waals surface area contributed by atoms with Gasteiger partial charge in [0.25, 0.3) is 11.8 Å². The van der Waals surface area contributed by atoms with Gasteiger partial charge in [0.05, 0.1) is 11.1 Å². The van der Waals surface area contributed by atoms with E-state index in [0.717, 1.165) is 11.3 Å². The average molecular weight is 332 g/mol. The zero-order chi connectivity index (χ0) is 17.4. The third-order valence-electron chi connectivity index (χ3n) is 3.92. The summed E-state index contributed by atoms with van der Waals surface area (Å²) in [5.74, 6) is -2.11. The van der Waals surface area contributed by atoms with Crippen LogP contribution in [0.3, 0.4) is 0 Å². The van der Waals surface area contributed by atoms with E-state index in [0.29, 0.717) is 5.06 Å². The first-order valence-corrected chi connectivity index (χ1v) is 7.60. The lowest BCUT2D eigenvalue weighted by molar-refractivity contribution is -0.0588. The van der Waals surface area contributed by atoms with Crippen molar-refractivity contribution in [2.75, 3.05) is 0 Å². The molecule has 2 amide bonds. The first-order valence-electron chi connectivity index (χ1n) is 7.60. The topological polar surface area (TPSA) is 79.5 Å². The molecule has 25 heavy (non-hydrogen) atoms. The number of benzene rings is 2. The van der Waals surface area contributed by atoms with Gasteiger partial charge in [0, 0.05) is 5.69 Å². The minimum absolute atomic E-state index is 0.149. The molecule has 6 nitrogen and oxygen atoms in total. The molecule has 2 aromatic carbocycles. The summed E-state index contributed by atoms with van der Waals surface area (Å²) in [7, 11) is 0. The second-order valence-electron chi connectivity index (χ2n) is 5.48. The minimum atomic E-state index is -0.809. The number of carbonyl (C=O) groups is 3. The van der Waals surface area contributed by atoms with Crippen LogP contribution in [-0.4, -0.2) is 27.8 Å². The van der Waals surface area contributed by atoms with Gasteiger partial charge in [0.2, 0.25) is 0 Å². The number of amides is 2. The van der Waals surface area contributed by atoms with Crippen LogP contribution >= 0.6 is 0 Å². The monoisotopic (exact) mass is 332 g/mol. The normalized spacial score (nSPS) is 13.0. The largest absolute Gasteiger partial charge is 0.379 e. The van der Waals surface area contributed by atoms with E-state index >= 15 is 0 Å². The first kappa shape index (κ1) is 14.9. The smallest absolute Gasteiger partial charge is 0.349 e. The number of hydrogen-bond acceptors (Lipinski definition) is 4. The molecule has 0 unspecified atom stereocenters. The predicted octanol–water partition coefficient (Wildman–Crippen LogP) is 3.05. The molecular formula is C19H12N2O4. The van der Waals surface area contributed by atoms with Crippen LogP contribution in [0.15, 0.2) is 66.7 Å². The maximum atomic E-state index is 12.3. The van der Waals surface area contributed by atoms with E-state index in [9.17, 15) is 14.4 Å². The van der Waals surface area contributed by atoms with Gasteiger partial charge in [-0.25, -0.2) is 4.79 Å². The number of rotatable bonds is 3. The highest BCUT2D eigenvalue weighted by Crippen LogP contribution is 2.24. The van der Waals surface area contributed by atoms with Crippen LogP contribution in [0.5, 0.6) is 0 Å². The molecule has 1 N–H and O–H groups in total. The molecule has 1 aliphatic rings. The Balaban J connectivity index is 1.55. The van der Waals surface area contributed by atoms with Crippen molar-refractivity contribution in [3.63, 3.8) is 0 Å². The van der Waals surface area contributed by atoms with Crippen molar-refractivity contribution in [2.45, 2.75) is 0 Å². The van der Waals surface area contributed by atoms with Gasteiger partial charge in [-0.15, -0.1) is 0 Å². The summed E-state index contributed by atoms with van der Waals surface area (Å²) in [6, 6.07) is 19.0. The molecule has 1 aliphatic heterocycles. The molecule has 0 aliphatic carbocycles. The molecule has 0 spiro atoms. The van der Waals surface area contributed by atoms with Crippen LogP contribution in [0.25, 0.3) is 11.3 Å². The fraction of sp³-hybridized carbons (Fsp3) is 0. The van der Waals surface area contributed by atoms with Gasteiger partial charge in [0.1, 0.15) is 5.69 Å². The number of hydrogen-bond donors (Lipinski definition) is 1. The summed E-state index contributed by atoms with van der Waals surface area (Å²) in [5.41, 5.74) is 2.22. The lowest BCUT2D eigenvalue weighted by Crippen LogP contribution is -2.32.